The Labute approximate surface area is 150 Å². The van der Waals surface area contributed by atoms with Crippen LogP contribution in [0.15, 0.2) is 73.1 Å². The molecule has 0 aliphatic heterocycles. The van der Waals surface area contributed by atoms with Crippen molar-refractivity contribution in [2.24, 2.45) is 7.05 Å². The molecule has 0 saturated carbocycles. The summed E-state index contributed by atoms with van der Waals surface area (Å²) in [5.41, 5.74) is 3.14. The molecule has 0 fully saturated rings. The lowest BCUT2D eigenvalue weighted by molar-refractivity contribution is 0.0975. The smallest absolute Gasteiger partial charge is 0.187 e. The molecule has 5 nitrogen and oxygen atoms in total. The molecule has 0 aliphatic carbocycles. The molecule has 4 rings (SSSR count). The summed E-state index contributed by atoms with van der Waals surface area (Å²) in [6, 6.07) is 20.9. The number of hydrogen-bond acceptors (Lipinski definition) is 3. The first-order valence-electron chi connectivity index (χ1n) is 8.27. The number of Topliss-reactive ketones (excluding diaryl/α,β-unsaturated/α-hetero) is 1. The van der Waals surface area contributed by atoms with E-state index in [1.165, 1.54) is 0 Å². The van der Waals surface area contributed by atoms with Crippen molar-refractivity contribution in [3.63, 3.8) is 0 Å². The summed E-state index contributed by atoms with van der Waals surface area (Å²) < 4.78 is 3.77. The highest BCUT2D eigenvalue weighted by atomic mass is 16.1. The van der Waals surface area contributed by atoms with Gasteiger partial charge in [0.05, 0.1) is 17.1 Å². The molecule has 26 heavy (non-hydrogen) atoms. The van der Waals surface area contributed by atoms with Gasteiger partial charge >= 0.3 is 0 Å². The third-order valence-electron chi connectivity index (χ3n) is 4.53. The van der Waals surface area contributed by atoms with Crippen molar-refractivity contribution in [3.8, 4) is 11.8 Å². The number of hydrogen-bond donors (Lipinski definition) is 0. The molecule has 2 heterocycles. The van der Waals surface area contributed by atoms with E-state index in [4.69, 9.17) is 0 Å². The Morgan fingerprint density at radius 3 is 2.38 bits per heavy atom. The van der Waals surface area contributed by atoms with Crippen LogP contribution < -0.4 is 0 Å². The fourth-order valence-corrected chi connectivity index (χ4v) is 3.13. The Kier molecular flexibility index (Phi) is 3.86. The number of ketones is 1. The van der Waals surface area contributed by atoms with Crippen LogP contribution in [0.4, 0.5) is 0 Å². The van der Waals surface area contributed by atoms with Crippen molar-refractivity contribution in [2.75, 3.05) is 0 Å². The molecule has 2 aromatic heterocycles. The van der Waals surface area contributed by atoms with E-state index in [-0.39, 0.29) is 5.78 Å². The lowest BCUT2D eigenvalue weighted by Gasteiger charge is -2.10. The van der Waals surface area contributed by atoms with E-state index in [9.17, 15) is 10.1 Å². The van der Waals surface area contributed by atoms with Crippen molar-refractivity contribution in [2.45, 2.75) is 5.92 Å². The van der Waals surface area contributed by atoms with Gasteiger partial charge in [-0.2, -0.15) is 5.26 Å². The number of carbonyl (C=O) groups excluding carboxylic acids is 1. The summed E-state index contributed by atoms with van der Waals surface area (Å²) in [5.74, 6) is -0.719. The molecule has 2 aromatic carbocycles. The number of rotatable bonds is 4. The Morgan fingerprint density at radius 1 is 1.04 bits per heavy atom. The van der Waals surface area contributed by atoms with Crippen LogP contribution in [-0.4, -0.2) is 19.9 Å². The molecule has 0 aliphatic rings. The van der Waals surface area contributed by atoms with Gasteiger partial charge in [0.15, 0.2) is 11.7 Å². The topological polar surface area (TPSA) is 63.6 Å². The van der Waals surface area contributed by atoms with Gasteiger partial charge < -0.3 is 9.13 Å². The first kappa shape index (κ1) is 15.9. The minimum absolute atomic E-state index is 0.245. The molecule has 4 aromatic rings. The number of imidazole rings is 1. The van der Waals surface area contributed by atoms with E-state index >= 15 is 0 Å². The predicted molar refractivity (Wildman–Crippen MR) is 99.2 cm³/mol. The molecule has 0 amide bonds. The maximum atomic E-state index is 12.9. The zero-order valence-corrected chi connectivity index (χ0v) is 14.2. The monoisotopic (exact) mass is 340 g/mol. The maximum absolute atomic E-state index is 12.9. The third-order valence-corrected chi connectivity index (χ3v) is 4.53. The number of carbonyl (C=O) groups is 1. The second-order valence-electron chi connectivity index (χ2n) is 6.08. The van der Waals surface area contributed by atoms with Crippen molar-refractivity contribution >= 4 is 16.8 Å². The Hall–Kier alpha value is -3.65. The molecule has 0 radical (unpaired) electrons. The van der Waals surface area contributed by atoms with Crippen LogP contribution in [0.1, 0.15) is 22.1 Å². The molecule has 126 valence electrons. The molecule has 1 unspecified atom stereocenters. The molecular formula is C21H16N4O. The quantitative estimate of drug-likeness (QED) is 0.530. The number of aryl methyl sites for hydroxylation is 1. The standard InChI is InChI=1S/C21H16N4O/c1-24-19-7-3-2-6-18(19)23-21(24)17(14-22)20(26)15-8-10-16(11-9-15)25-12-4-5-13-25/h2-13,17H,1H3. The van der Waals surface area contributed by atoms with E-state index in [2.05, 4.69) is 11.1 Å². The minimum atomic E-state index is -0.940. The van der Waals surface area contributed by atoms with Gasteiger partial charge in [0.1, 0.15) is 5.82 Å². The largest absolute Gasteiger partial charge is 0.330 e. The summed E-state index contributed by atoms with van der Waals surface area (Å²) in [6.07, 6.45) is 3.88. The van der Waals surface area contributed by atoms with Gasteiger partial charge in [-0.1, -0.05) is 12.1 Å². The second kappa shape index (κ2) is 6.34. The van der Waals surface area contributed by atoms with Crippen LogP contribution in [0.5, 0.6) is 0 Å². The van der Waals surface area contributed by atoms with Crippen molar-refractivity contribution in [1.29, 1.82) is 5.26 Å². The summed E-state index contributed by atoms with van der Waals surface area (Å²) in [5, 5.41) is 9.64. The average molecular weight is 340 g/mol. The Bertz CT molecular complexity index is 1120. The third kappa shape index (κ3) is 2.58. The average Bonchev–Trinajstić information content (AvgIpc) is 3.32. The van der Waals surface area contributed by atoms with E-state index in [0.717, 1.165) is 16.7 Å². The lowest BCUT2D eigenvalue weighted by atomic mass is 9.98. The van der Waals surface area contributed by atoms with E-state index in [1.807, 2.05) is 77.1 Å². The number of fused-ring (bicyclic) bond motifs is 1. The predicted octanol–water partition coefficient (Wildman–Crippen LogP) is 3.85. The molecular weight excluding hydrogens is 324 g/mol. The number of nitrogens with zero attached hydrogens (tertiary/aromatic N) is 4. The fraction of sp³-hybridized carbons (Fsp3) is 0.0952. The first-order valence-corrected chi connectivity index (χ1v) is 8.27. The molecule has 1 atom stereocenters. The number of benzene rings is 2. The van der Waals surface area contributed by atoms with Gasteiger partial charge in [-0.3, -0.25) is 4.79 Å². The normalized spacial score (nSPS) is 12.0. The Morgan fingerprint density at radius 2 is 1.73 bits per heavy atom. The highest BCUT2D eigenvalue weighted by Crippen LogP contribution is 2.24. The van der Waals surface area contributed by atoms with Crippen LogP contribution in [0, 0.1) is 11.3 Å². The minimum Gasteiger partial charge on any atom is -0.330 e. The fourth-order valence-electron chi connectivity index (χ4n) is 3.13. The maximum Gasteiger partial charge on any atom is 0.187 e. The zero-order chi connectivity index (χ0) is 18.1. The number of nitriles is 1. The van der Waals surface area contributed by atoms with Crippen LogP contribution in [0.25, 0.3) is 16.7 Å². The van der Waals surface area contributed by atoms with E-state index in [1.54, 1.807) is 12.1 Å². The van der Waals surface area contributed by atoms with Crippen LogP contribution in [0.2, 0.25) is 0 Å². The molecule has 5 heteroatoms. The molecule has 0 N–H and O–H groups in total. The van der Waals surface area contributed by atoms with Gasteiger partial charge in [-0.25, -0.2) is 4.98 Å². The van der Waals surface area contributed by atoms with Crippen LogP contribution in [0.3, 0.4) is 0 Å². The number of aromatic nitrogens is 3. The van der Waals surface area contributed by atoms with Crippen molar-refractivity contribution in [1.82, 2.24) is 14.1 Å². The summed E-state index contributed by atoms with van der Waals surface area (Å²) in [6.45, 7) is 0. The van der Waals surface area contributed by atoms with Gasteiger partial charge in [0.2, 0.25) is 0 Å². The van der Waals surface area contributed by atoms with E-state index < -0.39 is 5.92 Å². The second-order valence-corrected chi connectivity index (χ2v) is 6.08. The Balaban J connectivity index is 1.69. The summed E-state index contributed by atoms with van der Waals surface area (Å²) >= 11 is 0. The van der Waals surface area contributed by atoms with Crippen LogP contribution >= 0.6 is 0 Å². The first-order chi connectivity index (χ1) is 12.7. The highest BCUT2D eigenvalue weighted by molar-refractivity contribution is 6.02. The van der Waals surface area contributed by atoms with Gasteiger partial charge in [-0.15, -0.1) is 0 Å². The van der Waals surface area contributed by atoms with Crippen molar-refractivity contribution in [3.05, 3.63) is 84.4 Å². The van der Waals surface area contributed by atoms with E-state index in [0.29, 0.717) is 11.4 Å². The van der Waals surface area contributed by atoms with Gasteiger partial charge in [0.25, 0.3) is 0 Å². The molecule has 0 saturated heterocycles. The SMILES string of the molecule is Cn1c(C(C#N)C(=O)c2ccc(-n3cccc3)cc2)nc2ccccc21. The summed E-state index contributed by atoms with van der Waals surface area (Å²) in [4.78, 5) is 17.4. The van der Waals surface area contributed by atoms with Crippen LogP contribution in [-0.2, 0) is 7.05 Å². The zero-order valence-electron chi connectivity index (χ0n) is 14.2. The van der Waals surface area contributed by atoms with Gasteiger partial charge in [-0.05, 0) is 48.5 Å². The summed E-state index contributed by atoms with van der Waals surface area (Å²) in [7, 11) is 1.83. The number of para-hydroxylation sites is 2. The molecule has 0 bridgehead atoms. The van der Waals surface area contributed by atoms with Gasteiger partial charge in [0, 0.05) is 30.7 Å². The lowest BCUT2D eigenvalue weighted by Crippen LogP contribution is -2.15. The van der Waals surface area contributed by atoms with Crippen molar-refractivity contribution < 1.29 is 4.79 Å². The molecule has 0 spiro atoms. The highest BCUT2D eigenvalue weighted by Gasteiger charge is 2.26.